The summed E-state index contributed by atoms with van der Waals surface area (Å²) in [6, 6.07) is 12.7. The van der Waals surface area contributed by atoms with E-state index >= 15 is 0 Å². The topological polar surface area (TPSA) is 72.9 Å². The minimum Gasteiger partial charge on any atom is -0.465 e. The first-order valence-electron chi connectivity index (χ1n) is 9.38. The molecule has 2 aromatic rings. The van der Waals surface area contributed by atoms with Crippen molar-refractivity contribution in [3.05, 3.63) is 101 Å². The highest BCUT2D eigenvalue weighted by Gasteiger charge is 2.29. The van der Waals surface area contributed by atoms with E-state index in [2.05, 4.69) is 0 Å². The largest absolute Gasteiger partial charge is 0.465 e. The maximum absolute atomic E-state index is 14.1. The zero-order valence-electron chi connectivity index (χ0n) is 17.0. The number of carbonyl (C=O) groups excluding carboxylic acids is 3. The average Bonchev–Trinajstić information content (AvgIpc) is 3.01. The van der Waals surface area contributed by atoms with Gasteiger partial charge in [-0.2, -0.15) is 0 Å². The van der Waals surface area contributed by atoms with Crippen molar-refractivity contribution < 1.29 is 28.2 Å². The molecule has 0 amide bonds. The number of ketones is 1. The molecule has 0 aliphatic carbocycles. The molecule has 6 nitrogen and oxygen atoms in total. The number of Topliss-reactive ketones (excluding diaryl/α,β-unsaturated/α-hetero) is 1. The van der Waals surface area contributed by atoms with Gasteiger partial charge in [0.25, 0.3) is 0 Å². The van der Waals surface area contributed by atoms with E-state index in [0.29, 0.717) is 0 Å². The third-order valence-electron chi connectivity index (χ3n) is 4.62. The second kappa shape index (κ2) is 9.67. The van der Waals surface area contributed by atoms with Gasteiger partial charge in [0.15, 0.2) is 5.78 Å². The Balaban J connectivity index is 2.15. The molecule has 3 rings (SSSR count). The van der Waals surface area contributed by atoms with Gasteiger partial charge in [0.1, 0.15) is 11.5 Å². The number of allylic oxidation sites excluding steroid dienone is 2. The van der Waals surface area contributed by atoms with Crippen LogP contribution in [0.25, 0.3) is 0 Å². The summed E-state index contributed by atoms with van der Waals surface area (Å²) in [7, 11) is 2.36. The molecule has 158 valence electrons. The quantitative estimate of drug-likeness (QED) is 0.523. The molecular weight excluding hydrogens is 401 g/mol. The zero-order chi connectivity index (χ0) is 22.4. The summed E-state index contributed by atoms with van der Waals surface area (Å²) in [5.74, 6) is -2.53. The lowest BCUT2D eigenvalue weighted by Crippen LogP contribution is -2.28. The Labute approximate surface area is 178 Å². The molecule has 1 aliphatic rings. The fourth-order valence-corrected chi connectivity index (χ4v) is 3.17. The highest BCUT2D eigenvalue weighted by atomic mass is 19.1. The van der Waals surface area contributed by atoms with Crippen LogP contribution in [0, 0.1) is 5.82 Å². The Bertz CT molecular complexity index is 1100. The van der Waals surface area contributed by atoms with Crippen molar-refractivity contribution in [2.24, 2.45) is 0 Å². The van der Waals surface area contributed by atoms with Crippen LogP contribution in [-0.4, -0.2) is 31.9 Å². The molecule has 0 saturated heterocycles. The number of esters is 2. The van der Waals surface area contributed by atoms with Gasteiger partial charge in [0, 0.05) is 18.2 Å². The first kappa shape index (κ1) is 21.7. The fraction of sp³-hybridized carbons (Fsp3) is 0.125. The average molecular weight is 421 g/mol. The van der Waals surface area contributed by atoms with Crippen molar-refractivity contribution in [3.63, 3.8) is 0 Å². The van der Waals surface area contributed by atoms with E-state index in [9.17, 15) is 18.8 Å². The molecule has 1 heterocycles. The van der Waals surface area contributed by atoms with Crippen molar-refractivity contribution in [3.8, 4) is 0 Å². The van der Waals surface area contributed by atoms with E-state index in [1.165, 1.54) is 43.5 Å². The molecule has 7 heteroatoms. The van der Waals surface area contributed by atoms with E-state index in [4.69, 9.17) is 9.47 Å². The van der Waals surface area contributed by atoms with Crippen molar-refractivity contribution >= 4 is 23.4 Å². The molecule has 1 aliphatic heterocycles. The molecule has 0 radical (unpaired) electrons. The molecule has 0 saturated carbocycles. The third-order valence-corrected chi connectivity index (χ3v) is 4.62. The van der Waals surface area contributed by atoms with Gasteiger partial charge in [-0.25, -0.2) is 14.0 Å². The lowest BCUT2D eigenvalue weighted by Gasteiger charge is -2.25. The molecule has 0 aromatic heterocycles. The van der Waals surface area contributed by atoms with Crippen LogP contribution >= 0.6 is 0 Å². The molecular formula is C24H20FNO5. The van der Waals surface area contributed by atoms with Crippen LogP contribution < -0.4 is 4.90 Å². The molecule has 31 heavy (non-hydrogen) atoms. The van der Waals surface area contributed by atoms with E-state index < -0.39 is 17.8 Å². The lowest BCUT2D eigenvalue weighted by molar-refractivity contribution is -0.139. The molecule has 0 atom stereocenters. The predicted octanol–water partition coefficient (Wildman–Crippen LogP) is 3.74. The number of ether oxygens (including phenoxy) is 2. The second-order valence-electron chi connectivity index (χ2n) is 6.56. The Kier molecular flexibility index (Phi) is 6.77. The number of methoxy groups -OCH3 is 2. The lowest BCUT2D eigenvalue weighted by atomic mass is 10.00. The highest BCUT2D eigenvalue weighted by Crippen LogP contribution is 2.30. The minimum atomic E-state index is -0.817. The number of nitrogens with zero attached hydrogens (tertiary/aromatic N) is 1. The van der Waals surface area contributed by atoms with E-state index in [0.717, 1.165) is 11.6 Å². The van der Waals surface area contributed by atoms with Gasteiger partial charge in [-0.1, -0.05) is 36.4 Å². The van der Waals surface area contributed by atoms with E-state index in [-0.39, 0.29) is 34.7 Å². The SMILES string of the molecule is COC(=O)C1=C(C(=O)OC)N(c2ccc(F)cc2C(=O)Cc2ccccc2)C=CC=C1. The van der Waals surface area contributed by atoms with Crippen LogP contribution in [0.5, 0.6) is 0 Å². The Morgan fingerprint density at radius 3 is 2.32 bits per heavy atom. The maximum Gasteiger partial charge on any atom is 0.355 e. The number of carbonyl (C=O) groups is 3. The monoisotopic (exact) mass is 421 g/mol. The number of benzene rings is 2. The summed E-state index contributed by atoms with van der Waals surface area (Å²) in [5, 5.41) is 0. The van der Waals surface area contributed by atoms with Gasteiger partial charge in [-0.15, -0.1) is 0 Å². The summed E-state index contributed by atoms with van der Waals surface area (Å²) < 4.78 is 23.8. The van der Waals surface area contributed by atoms with Gasteiger partial charge in [-0.05, 0) is 35.9 Å². The van der Waals surface area contributed by atoms with Crippen LogP contribution in [0.4, 0.5) is 10.1 Å². The third kappa shape index (κ3) is 4.78. The van der Waals surface area contributed by atoms with Crippen molar-refractivity contribution in [2.45, 2.75) is 6.42 Å². The summed E-state index contributed by atoms with van der Waals surface area (Å²) >= 11 is 0. The smallest absolute Gasteiger partial charge is 0.355 e. The van der Waals surface area contributed by atoms with E-state index in [1.807, 2.05) is 6.07 Å². The standard InChI is InChI=1S/C24H20FNO5/c1-30-23(28)18-10-6-7-13-26(22(18)24(29)31-2)20-12-11-17(25)15-19(20)21(27)14-16-8-4-3-5-9-16/h3-13,15H,14H2,1-2H3. The number of hydrogen-bond donors (Lipinski definition) is 0. The van der Waals surface area contributed by atoms with Gasteiger partial charge >= 0.3 is 11.9 Å². The van der Waals surface area contributed by atoms with Crippen molar-refractivity contribution in [1.82, 2.24) is 0 Å². The second-order valence-corrected chi connectivity index (χ2v) is 6.56. The number of halogens is 1. The van der Waals surface area contributed by atoms with E-state index in [1.54, 1.807) is 36.4 Å². The minimum absolute atomic E-state index is 0.0359. The van der Waals surface area contributed by atoms with Gasteiger partial charge in [0.2, 0.25) is 0 Å². The summed E-state index contributed by atoms with van der Waals surface area (Å²) in [4.78, 5) is 39.3. The van der Waals surface area contributed by atoms with Crippen LogP contribution in [0.1, 0.15) is 15.9 Å². The first-order valence-corrected chi connectivity index (χ1v) is 9.38. The number of hydrogen-bond acceptors (Lipinski definition) is 6. The molecule has 0 fully saturated rings. The molecule has 0 unspecified atom stereocenters. The predicted molar refractivity (Wildman–Crippen MR) is 113 cm³/mol. The first-order chi connectivity index (χ1) is 15.0. The van der Waals surface area contributed by atoms with Crippen LogP contribution in [-0.2, 0) is 25.5 Å². The fourth-order valence-electron chi connectivity index (χ4n) is 3.17. The van der Waals surface area contributed by atoms with Gasteiger partial charge in [0.05, 0.1) is 25.5 Å². The zero-order valence-corrected chi connectivity index (χ0v) is 17.0. The summed E-state index contributed by atoms with van der Waals surface area (Å²) in [6.45, 7) is 0. The van der Waals surface area contributed by atoms with Gasteiger partial charge in [-0.3, -0.25) is 4.79 Å². The van der Waals surface area contributed by atoms with Crippen LogP contribution in [0.15, 0.2) is 84.2 Å². The summed E-state index contributed by atoms with van der Waals surface area (Å²) in [6.07, 6.45) is 6.06. The highest BCUT2D eigenvalue weighted by molar-refractivity contribution is 6.08. The molecule has 0 spiro atoms. The summed E-state index contributed by atoms with van der Waals surface area (Å²) in [5.41, 5.74) is 0.824. The molecule has 0 bridgehead atoms. The van der Waals surface area contributed by atoms with Crippen molar-refractivity contribution in [1.29, 1.82) is 0 Å². The number of rotatable bonds is 6. The van der Waals surface area contributed by atoms with Crippen LogP contribution in [0.2, 0.25) is 0 Å². The Morgan fingerprint density at radius 2 is 1.65 bits per heavy atom. The Morgan fingerprint density at radius 1 is 0.935 bits per heavy atom. The molecule has 0 N–H and O–H groups in total. The van der Waals surface area contributed by atoms with Crippen LogP contribution in [0.3, 0.4) is 0 Å². The maximum atomic E-state index is 14.1. The Hall–Kier alpha value is -4.00. The molecule has 2 aromatic carbocycles. The number of anilines is 1. The van der Waals surface area contributed by atoms with Crippen molar-refractivity contribution in [2.75, 3.05) is 19.1 Å². The van der Waals surface area contributed by atoms with Gasteiger partial charge < -0.3 is 14.4 Å². The normalized spacial score (nSPS) is 13.1.